The van der Waals surface area contributed by atoms with Gasteiger partial charge in [-0.3, -0.25) is 14.4 Å². The molecule has 0 aliphatic carbocycles. The standard InChI is InChI=1S/C20H28N2O4/c1-4-14(2)16-8-5-6-9-17(16)22-13-15(12-18(22)23)20(25)21-11-7-10-19(24)26-3/h5-6,8-9,14-15H,4,7,10-13H2,1-3H3,(H,21,25)/t14-,15+/m1/s1. The van der Waals surface area contributed by atoms with Crippen LogP contribution < -0.4 is 10.2 Å². The number of nitrogens with one attached hydrogen (secondary N) is 1. The summed E-state index contributed by atoms with van der Waals surface area (Å²) in [6.07, 6.45) is 2.01. The fourth-order valence-corrected chi connectivity index (χ4v) is 3.18. The van der Waals surface area contributed by atoms with Crippen LogP contribution in [-0.4, -0.2) is 38.0 Å². The third-order valence-corrected chi connectivity index (χ3v) is 4.95. The number of nitrogens with zero attached hydrogens (tertiary/aromatic N) is 1. The second kappa shape index (κ2) is 9.36. The second-order valence-corrected chi connectivity index (χ2v) is 6.74. The predicted molar refractivity (Wildman–Crippen MR) is 99.9 cm³/mol. The van der Waals surface area contributed by atoms with E-state index >= 15 is 0 Å². The van der Waals surface area contributed by atoms with E-state index in [1.807, 2.05) is 18.2 Å². The number of ether oxygens (including phenoxy) is 1. The molecule has 0 bridgehead atoms. The van der Waals surface area contributed by atoms with Gasteiger partial charge < -0.3 is 15.0 Å². The quantitative estimate of drug-likeness (QED) is 0.571. The summed E-state index contributed by atoms with van der Waals surface area (Å²) in [6.45, 7) is 5.07. The van der Waals surface area contributed by atoms with Gasteiger partial charge in [0.15, 0.2) is 0 Å². The van der Waals surface area contributed by atoms with Crippen molar-refractivity contribution >= 4 is 23.5 Å². The highest BCUT2D eigenvalue weighted by atomic mass is 16.5. The van der Waals surface area contributed by atoms with Crippen LogP contribution in [0.3, 0.4) is 0 Å². The highest BCUT2D eigenvalue weighted by Crippen LogP contribution is 2.33. The fraction of sp³-hybridized carbons (Fsp3) is 0.550. The van der Waals surface area contributed by atoms with E-state index in [0.717, 1.165) is 17.7 Å². The molecule has 26 heavy (non-hydrogen) atoms. The van der Waals surface area contributed by atoms with Crippen molar-refractivity contribution in [2.45, 2.75) is 45.4 Å². The number of esters is 1. The summed E-state index contributed by atoms with van der Waals surface area (Å²) in [5, 5.41) is 2.82. The Kier molecular flexibility index (Phi) is 7.18. The molecule has 1 N–H and O–H groups in total. The Morgan fingerprint density at radius 3 is 2.77 bits per heavy atom. The summed E-state index contributed by atoms with van der Waals surface area (Å²) in [4.78, 5) is 37.7. The number of carbonyl (C=O) groups excluding carboxylic acids is 3. The molecule has 6 nitrogen and oxygen atoms in total. The molecule has 1 aliphatic rings. The van der Waals surface area contributed by atoms with E-state index in [1.54, 1.807) is 4.90 Å². The molecule has 1 fully saturated rings. The number of benzene rings is 1. The molecule has 0 aromatic heterocycles. The van der Waals surface area contributed by atoms with Crippen LogP contribution in [0.15, 0.2) is 24.3 Å². The molecule has 1 aliphatic heterocycles. The van der Waals surface area contributed by atoms with Crippen molar-refractivity contribution in [3.05, 3.63) is 29.8 Å². The molecule has 2 atom stereocenters. The van der Waals surface area contributed by atoms with Crippen LogP contribution >= 0.6 is 0 Å². The number of hydrogen-bond acceptors (Lipinski definition) is 4. The number of methoxy groups -OCH3 is 1. The van der Waals surface area contributed by atoms with E-state index in [2.05, 4.69) is 30.0 Å². The number of carbonyl (C=O) groups is 3. The summed E-state index contributed by atoms with van der Waals surface area (Å²) < 4.78 is 4.57. The first-order valence-electron chi connectivity index (χ1n) is 9.21. The molecule has 142 valence electrons. The van der Waals surface area contributed by atoms with E-state index in [9.17, 15) is 14.4 Å². The number of amides is 2. The summed E-state index contributed by atoms with van der Waals surface area (Å²) in [5.41, 5.74) is 2.05. The van der Waals surface area contributed by atoms with Gasteiger partial charge in [0.05, 0.1) is 13.0 Å². The Balaban J connectivity index is 1.96. The molecule has 0 saturated carbocycles. The maximum absolute atomic E-state index is 12.5. The van der Waals surface area contributed by atoms with Crippen molar-refractivity contribution in [1.82, 2.24) is 5.32 Å². The van der Waals surface area contributed by atoms with E-state index < -0.39 is 0 Å². The zero-order chi connectivity index (χ0) is 19.1. The fourth-order valence-electron chi connectivity index (χ4n) is 3.18. The first kappa shape index (κ1) is 19.9. The van der Waals surface area contributed by atoms with Crippen LogP contribution in [0.25, 0.3) is 0 Å². The summed E-state index contributed by atoms with van der Waals surface area (Å²) in [6, 6.07) is 7.92. The number of anilines is 1. The average Bonchev–Trinajstić information content (AvgIpc) is 3.05. The average molecular weight is 360 g/mol. The largest absolute Gasteiger partial charge is 0.469 e. The van der Waals surface area contributed by atoms with Crippen LogP contribution in [0.2, 0.25) is 0 Å². The van der Waals surface area contributed by atoms with Crippen molar-refractivity contribution in [3.63, 3.8) is 0 Å². The smallest absolute Gasteiger partial charge is 0.305 e. The SMILES string of the molecule is CC[C@@H](C)c1ccccc1N1C[C@@H](C(=O)NCCCC(=O)OC)CC1=O. The predicted octanol–water partition coefficient (Wildman–Crippen LogP) is 2.62. The van der Waals surface area contributed by atoms with Gasteiger partial charge in [0, 0.05) is 31.6 Å². The molecule has 0 spiro atoms. The van der Waals surface area contributed by atoms with E-state index in [1.165, 1.54) is 7.11 Å². The molecule has 6 heteroatoms. The third-order valence-electron chi connectivity index (χ3n) is 4.95. The van der Waals surface area contributed by atoms with Crippen molar-refractivity contribution in [2.24, 2.45) is 5.92 Å². The van der Waals surface area contributed by atoms with E-state index in [4.69, 9.17) is 0 Å². The first-order chi connectivity index (χ1) is 12.5. The zero-order valence-electron chi connectivity index (χ0n) is 15.8. The minimum atomic E-state index is -0.356. The highest BCUT2D eigenvalue weighted by Gasteiger charge is 2.36. The first-order valence-corrected chi connectivity index (χ1v) is 9.21. The Morgan fingerprint density at radius 2 is 2.08 bits per heavy atom. The molecule has 0 unspecified atom stereocenters. The van der Waals surface area contributed by atoms with Gasteiger partial charge in [-0.2, -0.15) is 0 Å². The van der Waals surface area contributed by atoms with Crippen LogP contribution in [0.5, 0.6) is 0 Å². The normalized spacial score (nSPS) is 17.9. The maximum atomic E-state index is 12.5. The molecule has 1 aromatic rings. The van der Waals surface area contributed by atoms with Gasteiger partial charge in [0.1, 0.15) is 0 Å². The monoisotopic (exact) mass is 360 g/mol. The van der Waals surface area contributed by atoms with Crippen molar-refractivity contribution in [2.75, 3.05) is 25.1 Å². The van der Waals surface area contributed by atoms with Crippen LogP contribution in [0.4, 0.5) is 5.69 Å². The second-order valence-electron chi connectivity index (χ2n) is 6.74. The third kappa shape index (κ3) is 4.84. The number of hydrogen-bond donors (Lipinski definition) is 1. The van der Waals surface area contributed by atoms with Gasteiger partial charge >= 0.3 is 5.97 Å². The lowest BCUT2D eigenvalue weighted by Gasteiger charge is -2.23. The summed E-state index contributed by atoms with van der Waals surface area (Å²) in [5.74, 6) is -0.443. The minimum absolute atomic E-state index is 0.0181. The summed E-state index contributed by atoms with van der Waals surface area (Å²) in [7, 11) is 1.34. The zero-order valence-corrected chi connectivity index (χ0v) is 15.8. The van der Waals surface area contributed by atoms with Gasteiger partial charge in [-0.05, 0) is 30.4 Å². The number of para-hydroxylation sites is 1. The molecule has 0 radical (unpaired) electrons. The lowest BCUT2D eigenvalue weighted by atomic mass is 9.96. The Bertz CT molecular complexity index is 659. The van der Waals surface area contributed by atoms with Gasteiger partial charge in [0.25, 0.3) is 0 Å². The van der Waals surface area contributed by atoms with Gasteiger partial charge in [-0.25, -0.2) is 0 Å². The molecule has 1 aromatic carbocycles. The molecular formula is C20H28N2O4. The highest BCUT2D eigenvalue weighted by molar-refractivity contribution is 6.00. The molecule has 2 rings (SSSR count). The van der Waals surface area contributed by atoms with Gasteiger partial charge in [-0.15, -0.1) is 0 Å². The van der Waals surface area contributed by atoms with Crippen LogP contribution in [0.1, 0.15) is 51.0 Å². The Labute approximate surface area is 154 Å². The van der Waals surface area contributed by atoms with Gasteiger partial charge in [-0.1, -0.05) is 32.0 Å². The Morgan fingerprint density at radius 1 is 1.35 bits per heavy atom. The molecular weight excluding hydrogens is 332 g/mol. The van der Waals surface area contributed by atoms with Crippen molar-refractivity contribution in [3.8, 4) is 0 Å². The van der Waals surface area contributed by atoms with E-state index in [0.29, 0.717) is 25.4 Å². The lowest BCUT2D eigenvalue weighted by molar-refractivity contribution is -0.140. The lowest BCUT2D eigenvalue weighted by Crippen LogP contribution is -2.34. The minimum Gasteiger partial charge on any atom is -0.469 e. The van der Waals surface area contributed by atoms with Crippen LogP contribution in [0, 0.1) is 5.92 Å². The van der Waals surface area contributed by atoms with Crippen molar-refractivity contribution in [1.29, 1.82) is 0 Å². The number of rotatable bonds is 8. The van der Waals surface area contributed by atoms with Gasteiger partial charge in [0.2, 0.25) is 11.8 Å². The topological polar surface area (TPSA) is 75.7 Å². The van der Waals surface area contributed by atoms with E-state index in [-0.39, 0.29) is 36.5 Å². The van der Waals surface area contributed by atoms with Crippen molar-refractivity contribution < 1.29 is 19.1 Å². The molecule has 2 amide bonds. The molecule has 1 saturated heterocycles. The molecule has 1 heterocycles. The summed E-state index contributed by atoms with van der Waals surface area (Å²) >= 11 is 0. The maximum Gasteiger partial charge on any atom is 0.305 e. The Hall–Kier alpha value is -2.37. The van der Waals surface area contributed by atoms with Crippen LogP contribution in [-0.2, 0) is 19.1 Å².